The molecule has 102 valence electrons. The van der Waals surface area contributed by atoms with Gasteiger partial charge in [0.25, 0.3) is 0 Å². The van der Waals surface area contributed by atoms with Crippen LogP contribution in [-0.4, -0.2) is 13.7 Å². The summed E-state index contributed by atoms with van der Waals surface area (Å²) in [4.78, 5) is 2.61. The van der Waals surface area contributed by atoms with E-state index in [4.69, 9.17) is 16.3 Å². The largest absolute Gasteiger partial charge is 0.384 e. The van der Waals surface area contributed by atoms with E-state index in [2.05, 4.69) is 43.3 Å². The minimum absolute atomic E-state index is 0.0400. The molecule has 0 saturated carbocycles. The lowest BCUT2D eigenvalue weighted by Gasteiger charge is -2.09. The Balaban J connectivity index is 2.08. The predicted octanol–water partition coefficient (Wildman–Crippen LogP) is 4.83. The maximum absolute atomic E-state index is 6.54. The van der Waals surface area contributed by atoms with Crippen LogP contribution in [0.15, 0.2) is 36.4 Å². The van der Waals surface area contributed by atoms with E-state index < -0.39 is 0 Å². The Bertz CT molecular complexity index is 504. The Morgan fingerprint density at radius 3 is 2.47 bits per heavy atom. The van der Waals surface area contributed by atoms with Crippen molar-refractivity contribution >= 4 is 22.9 Å². The number of alkyl halides is 1. The second kappa shape index (κ2) is 7.09. The van der Waals surface area contributed by atoms with Gasteiger partial charge in [-0.2, -0.15) is 0 Å². The van der Waals surface area contributed by atoms with Crippen molar-refractivity contribution in [3.63, 3.8) is 0 Å². The summed E-state index contributed by atoms with van der Waals surface area (Å²) in [6.07, 6.45) is 2.02. The molecule has 2 rings (SSSR count). The fraction of sp³-hybridized carbons (Fsp3) is 0.375. The van der Waals surface area contributed by atoms with Crippen LogP contribution >= 0.6 is 22.9 Å². The lowest BCUT2D eigenvalue weighted by molar-refractivity contribution is 0.202. The number of ether oxygens (including phenoxy) is 1. The molecule has 0 spiro atoms. The molecule has 3 heteroatoms. The lowest BCUT2D eigenvalue weighted by Crippen LogP contribution is -1.95. The first-order chi connectivity index (χ1) is 9.24. The van der Waals surface area contributed by atoms with Crippen molar-refractivity contribution in [1.29, 1.82) is 0 Å². The van der Waals surface area contributed by atoms with Crippen molar-refractivity contribution in [3.8, 4) is 0 Å². The van der Waals surface area contributed by atoms with Gasteiger partial charge in [-0.3, -0.25) is 0 Å². The highest BCUT2D eigenvalue weighted by Gasteiger charge is 2.12. The van der Waals surface area contributed by atoms with E-state index in [-0.39, 0.29) is 5.38 Å². The molecule has 0 aliphatic rings. The lowest BCUT2D eigenvalue weighted by atomic mass is 10.1. The zero-order valence-corrected chi connectivity index (χ0v) is 12.9. The maximum atomic E-state index is 6.54. The maximum Gasteiger partial charge on any atom is 0.0927 e. The molecular weight excluding hydrogens is 276 g/mol. The van der Waals surface area contributed by atoms with Crippen molar-refractivity contribution in [2.24, 2.45) is 0 Å². The Morgan fingerprint density at radius 1 is 1.16 bits per heavy atom. The quantitative estimate of drug-likeness (QED) is 0.694. The molecule has 0 saturated heterocycles. The highest BCUT2D eigenvalue weighted by atomic mass is 35.5. The van der Waals surface area contributed by atoms with Crippen LogP contribution in [0.1, 0.15) is 33.2 Å². The van der Waals surface area contributed by atoms with Gasteiger partial charge < -0.3 is 4.74 Å². The first kappa shape index (κ1) is 14.6. The minimum atomic E-state index is -0.0400. The van der Waals surface area contributed by atoms with Crippen LogP contribution < -0.4 is 0 Å². The Kier molecular flexibility index (Phi) is 5.44. The van der Waals surface area contributed by atoms with Gasteiger partial charge in [-0.25, -0.2) is 0 Å². The van der Waals surface area contributed by atoms with Gasteiger partial charge >= 0.3 is 0 Å². The van der Waals surface area contributed by atoms with Gasteiger partial charge in [0, 0.05) is 16.9 Å². The van der Waals surface area contributed by atoms with Crippen LogP contribution in [0.25, 0.3) is 0 Å². The standard InChI is InChI=1S/C16H19ClOS/c1-3-14-8-9-15(19-14)16(17)13-6-4-12(5-7-13)10-11-18-2/h4-9,16H,3,10-11H2,1-2H3. The summed E-state index contributed by atoms with van der Waals surface area (Å²) >= 11 is 8.35. The minimum Gasteiger partial charge on any atom is -0.384 e. The Hall–Kier alpha value is -0.830. The second-order valence-electron chi connectivity index (χ2n) is 4.50. The van der Waals surface area contributed by atoms with Gasteiger partial charge in [-0.15, -0.1) is 22.9 Å². The molecule has 1 atom stereocenters. The number of methoxy groups -OCH3 is 1. The van der Waals surface area contributed by atoms with Gasteiger partial charge in [0.2, 0.25) is 0 Å². The third kappa shape index (κ3) is 3.82. The van der Waals surface area contributed by atoms with Gasteiger partial charge in [0.15, 0.2) is 0 Å². The first-order valence-electron chi connectivity index (χ1n) is 6.55. The molecule has 0 aliphatic carbocycles. The molecule has 1 nitrogen and oxygen atoms in total. The fourth-order valence-corrected chi connectivity index (χ4v) is 3.27. The molecular formula is C16H19ClOS. The number of benzene rings is 1. The van der Waals surface area contributed by atoms with Gasteiger partial charge in [0.05, 0.1) is 12.0 Å². The molecule has 0 fully saturated rings. The highest BCUT2D eigenvalue weighted by Crippen LogP contribution is 2.33. The molecule has 1 heterocycles. The van der Waals surface area contributed by atoms with E-state index in [0.29, 0.717) is 0 Å². The van der Waals surface area contributed by atoms with E-state index in [0.717, 1.165) is 25.0 Å². The summed E-state index contributed by atoms with van der Waals surface area (Å²) in [5.41, 5.74) is 2.45. The van der Waals surface area contributed by atoms with E-state index >= 15 is 0 Å². The van der Waals surface area contributed by atoms with Crippen LogP contribution in [0, 0.1) is 0 Å². The van der Waals surface area contributed by atoms with Crippen molar-refractivity contribution in [2.75, 3.05) is 13.7 Å². The SMILES string of the molecule is CCc1ccc(C(Cl)c2ccc(CCOC)cc2)s1. The summed E-state index contributed by atoms with van der Waals surface area (Å²) < 4.78 is 5.08. The molecule has 0 bridgehead atoms. The smallest absolute Gasteiger partial charge is 0.0927 e. The van der Waals surface area contributed by atoms with Crippen molar-refractivity contribution in [3.05, 3.63) is 57.3 Å². The average molecular weight is 295 g/mol. The number of rotatable bonds is 6. The zero-order chi connectivity index (χ0) is 13.7. The van der Waals surface area contributed by atoms with Gasteiger partial charge in [0.1, 0.15) is 0 Å². The fourth-order valence-electron chi connectivity index (χ4n) is 1.96. The van der Waals surface area contributed by atoms with Crippen LogP contribution in [0.3, 0.4) is 0 Å². The third-order valence-corrected chi connectivity index (χ3v) is 5.06. The van der Waals surface area contributed by atoms with E-state index in [1.165, 1.54) is 15.3 Å². The number of halogens is 1. The molecule has 0 radical (unpaired) electrons. The Morgan fingerprint density at radius 2 is 1.89 bits per heavy atom. The van der Waals surface area contributed by atoms with Crippen molar-refractivity contribution in [1.82, 2.24) is 0 Å². The zero-order valence-electron chi connectivity index (χ0n) is 11.4. The molecule has 0 amide bonds. The molecule has 1 aromatic heterocycles. The van der Waals surface area contributed by atoms with Crippen molar-refractivity contribution in [2.45, 2.75) is 25.1 Å². The number of aryl methyl sites for hydroxylation is 1. The summed E-state index contributed by atoms with van der Waals surface area (Å²) in [5, 5.41) is -0.0400. The summed E-state index contributed by atoms with van der Waals surface area (Å²) in [6, 6.07) is 12.8. The van der Waals surface area contributed by atoms with E-state index in [9.17, 15) is 0 Å². The normalized spacial score (nSPS) is 12.6. The molecule has 1 unspecified atom stereocenters. The predicted molar refractivity (Wildman–Crippen MR) is 83.4 cm³/mol. The number of thiophene rings is 1. The molecule has 19 heavy (non-hydrogen) atoms. The highest BCUT2D eigenvalue weighted by molar-refractivity contribution is 7.12. The number of hydrogen-bond acceptors (Lipinski definition) is 2. The summed E-state index contributed by atoms with van der Waals surface area (Å²) in [6.45, 7) is 2.93. The summed E-state index contributed by atoms with van der Waals surface area (Å²) in [5.74, 6) is 0. The van der Waals surface area contributed by atoms with Crippen LogP contribution in [0.4, 0.5) is 0 Å². The van der Waals surface area contributed by atoms with Gasteiger partial charge in [-0.05, 0) is 36.1 Å². The average Bonchev–Trinajstić information content (AvgIpc) is 2.94. The molecule has 0 aliphatic heterocycles. The van der Waals surface area contributed by atoms with Crippen molar-refractivity contribution < 1.29 is 4.74 Å². The number of hydrogen-bond donors (Lipinski definition) is 0. The first-order valence-corrected chi connectivity index (χ1v) is 7.80. The van der Waals surface area contributed by atoms with Crippen LogP contribution in [-0.2, 0) is 17.6 Å². The van der Waals surface area contributed by atoms with Crippen LogP contribution in [0.5, 0.6) is 0 Å². The molecule has 2 aromatic rings. The van der Waals surface area contributed by atoms with E-state index in [1.54, 1.807) is 18.4 Å². The topological polar surface area (TPSA) is 9.23 Å². The molecule has 0 N–H and O–H groups in total. The second-order valence-corrected chi connectivity index (χ2v) is 6.14. The third-order valence-electron chi connectivity index (χ3n) is 3.15. The monoisotopic (exact) mass is 294 g/mol. The summed E-state index contributed by atoms with van der Waals surface area (Å²) in [7, 11) is 1.73. The Labute approximate surface area is 124 Å². The molecule has 1 aromatic carbocycles. The van der Waals surface area contributed by atoms with E-state index in [1.807, 2.05) is 0 Å². The van der Waals surface area contributed by atoms with Crippen LogP contribution in [0.2, 0.25) is 0 Å². The van der Waals surface area contributed by atoms with Gasteiger partial charge in [-0.1, -0.05) is 31.2 Å².